The van der Waals surface area contributed by atoms with Gasteiger partial charge in [0.25, 0.3) is 5.56 Å². The predicted molar refractivity (Wildman–Crippen MR) is 156 cm³/mol. The van der Waals surface area contributed by atoms with Crippen LogP contribution in [0.25, 0.3) is 37.5 Å². The summed E-state index contributed by atoms with van der Waals surface area (Å²) in [5.41, 5.74) is 4.61. The first kappa shape index (κ1) is 24.7. The fourth-order valence-corrected chi connectivity index (χ4v) is 7.03. The predicted octanol–water partition coefficient (Wildman–Crippen LogP) is 5.98. The van der Waals surface area contributed by atoms with E-state index >= 15 is 0 Å². The summed E-state index contributed by atoms with van der Waals surface area (Å²) in [5.74, 6) is 0.0168. The Kier molecular flexibility index (Phi) is 5.97. The second-order valence-electron chi connectivity index (χ2n) is 9.62. The van der Waals surface area contributed by atoms with Crippen molar-refractivity contribution in [2.45, 2.75) is 24.5 Å². The van der Waals surface area contributed by atoms with E-state index < -0.39 is 0 Å². The molecule has 0 saturated heterocycles. The van der Waals surface area contributed by atoms with Crippen LogP contribution in [0.3, 0.4) is 0 Å². The van der Waals surface area contributed by atoms with Crippen LogP contribution in [0.15, 0.2) is 82.9 Å². The Balaban J connectivity index is 1.08. The number of aromatic nitrogens is 5. The number of hydrogen-bond donors (Lipinski definition) is 1. The fraction of sp³-hybridized carbons (Fsp3) is 0.138. The number of carbonyl (C=O) groups is 1. The Labute approximate surface area is 235 Å². The van der Waals surface area contributed by atoms with Gasteiger partial charge < -0.3 is 5.32 Å². The van der Waals surface area contributed by atoms with E-state index in [2.05, 4.69) is 34.5 Å². The third kappa shape index (κ3) is 4.37. The summed E-state index contributed by atoms with van der Waals surface area (Å²) in [5, 5.41) is 9.08. The van der Waals surface area contributed by atoms with Gasteiger partial charge in [0.05, 0.1) is 28.1 Å². The average molecular weight is 569 g/mol. The number of halogens is 1. The summed E-state index contributed by atoms with van der Waals surface area (Å²) in [6.45, 7) is 2.07. The van der Waals surface area contributed by atoms with Crippen LogP contribution in [0.1, 0.15) is 18.0 Å². The summed E-state index contributed by atoms with van der Waals surface area (Å²) >= 11 is 3.07. The molecular formula is C29H21FN6O2S2. The van der Waals surface area contributed by atoms with Gasteiger partial charge in [-0.05, 0) is 73.2 Å². The van der Waals surface area contributed by atoms with Crippen LogP contribution >= 0.6 is 23.1 Å². The van der Waals surface area contributed by atoms with E-state index in [1.54, 1.807) is 28.0 Å². The van der Waals surface area contributed by atoms with Crippen molar-refractivity contribution in [2.75, 3.05) is 11.1 Å². The number of hydrogen-bond acceptors (Lipinski definition) is 7. The van der Waals surface area contributed by atoms with Crippen molar-refractivity contribution >= 4 is 55.9 Å². The third-order valence-corrected chi connectivity index (χ3v) is 8.99. The van der Waals surface area contributed by atoms with Crippen LogP contribution in [-0.2, 0) is 4.79 Å². The van der Waals surface area contributed by atoms with E-state index in [-0.39, 0.29) is 29.7 Å². The van der Waals surface area contributed by atoms with Crippen molar-refractivity contribution in [1.29, 1.82) is 0 Å². The number of fused-ring (bicyclic) bond motifs is 3. The van der Waals surface area contributed by atoms with E-state index in [0.717, 1.165) is 20.8 Å². The lowest BCUT2D eigenvalue weighted by Gasteiger charge is -2.13. The highest BCUT2D eigenvalue weighted by molar-refractivity contribution is 7.99. The number of rotatable bonds is 5. The molecule has 1 atom stereocenters. The molecule has 1 aliphatic rings. The average Bonchev–Trinajstić information content (AvgIpc) is 3.67. The van der Waals surface area contributed by atoms with Gasteiger partial charge in [-0.2, -0.15) is 5.10 Å². The first-order chi connectivity index (χ1) is 19.4. The lowest BCUT2D eigenvalue weighted by molar-refractivity contribution is -0.116. The van der Waals surface area contributed by atoms with Crippen molar-refractivity contribution in [2.24, 2.45) is 0 Å². The van der Waals surface area contributed by atoms with Crippen molar-refractivity contribution < 1.29 is 9.18 Å². The Morgan fingerprint density at radius 2 is 1.88 bits per heavy atom. The van der Waals surface area contributed by atoms with Gasteiger partial charge in [0.1, 0.15) is 16.2 Å². The van der Waals surface area contributed by atoms with Crippen molar-refractivity contribution in [3.05, 3.63) is 94.7 Å². The Bertz CT molecular complexity index is 1980. The van der Waals surface area contributed by atoms with Gasteiger partial charge in [0.15, 0.2) is 10.8 Å². The number of anilines is 1. The number of thioether (sulfide) groups is 1. The molecule has 7 rings (SSSR count). The molecule has 8 nitrogen and oxygen atoms in total. The zero-order valence-electron chi connectivity index (χ0n) is 21.2. The number of amides is 1. The quantitative estimate of drug-likeness (QED) is 0.257. The SMILES string of the molecule is Cc1ccc2nc(-c3ccc(NC(=O)CC4CSc5nc6c(cnn6-c6ccc(F)cc6)c(=O)n54)cc3)sc2c1. The number of nitrogens with one attached hydrogen (secondary N) is 1. The first-order valence-corrected chi connectivity index (χ1v) is 14.4. The second kappa shape index (κ2) is 9.68. The Morgan fingerprint density at radius 1 is 1.07 bits per heavy atom. The molecule has 198 valence electrons. The van der Waals surface area contributed by atoms with Crippen LogP contribution in [0.5, 0.6) is 0 Å². The molecule has 3 aromatic heterocycles. The van der Waals surface area contributed by atoms with Crippen molar-refractivity contribution in [1.82, 2.24) is 24.3 Å². The van der Waals surface area contributed by atoms with E-state index in [0.29, 0.717) is 33.3 Å². The molecule has 1 amide bonds. The van der Waals surface area contributed by atoms with Crippen LogP contribution in [0.4, 0.5) is 10.1 Å². The number of nitrogens with zero attached hydrogens (tertiary/aromatic N) is 5. The van der Waals surface area contributed by atoms with Gasteiger partial charge in [0, 0.05) is 23.4 Å². The summed E-state index contributed by atoms with van der Waals surface area (Å²) in [7, 11) is 0. The maximum atomic E-state index is 13.4. The van der Waals surface area contributed by atoms with Gasteiger partial charge in [-0.15, -0.1) is 11.3 Å². The van der Waals surface area contributed by atoms with Crippen LogP contribution in [0, 0.1) is 12.7 Å². The maximum absolute atomic E-state index is 13.4. The molecule has 0 radical (unpaired) electrons. The fourth-order valence-electron chi connectivity index (χ4n) is 4.83. The van der Waals surface area contributed by atoms with E-state index in [9.17, 15) is 14.0 Å². The van der Waals surface area contributed by atoms with Gasteiger partial charge in [0.2, 0.25) is 5.91 Å². The number of thiazole rings is 1. The molecular weight excluding hydrogens is 547 g/mol. The molecule has 6 aromatic rings. The molecule has 4 heterocycles. The molecule has 40 heavy (non-hydrogen) atoms. The van der Waals surface area contributed by atoms with Crippen LogP contribution < -0.4 is 10.9 Å². The number of carbonyl (C=O) groups excluding carboxylic acids is 1. The highest BCUT2D eigenvalue weighted by Gasteiger charge is 2.29. The highest BCUT2D eigenvalue weighted by atomic mass is 32.2. The molecule has 1 aliphatic heterocycles. The lowest BCUT2D eigenvalue weighted by atomic mass is 10.2. The second-order valence-corrected chi connectivity index (χ2v) is 11.6. The minimum absolute atomic E-state index is 0.137. The Morgan fingerprint density at radius 3 is 2.67 bits per heavy atom. The zero-order chi connectivity index (χ0) is 27.4. The molecule has 0 bridgehead atoms. The standard InChI is InChI=1S/C29H21FN6O2S2/c1-16-2-11-23-24(12-16)40-27(33-23)17-3-7-19(8-4-17)32-25(37)13-21-15-39-29-34-26-22(28(38)35(21)29)14-31-36(26)20-9-5-18(30)6-10-20/h2-12,14,21H,13,15H2,1H3,(H,32,37). The van der Waals surface area contributed by atoms with Gasteiger partial charge in [-0.1, -0.05) is 17.8 Å². The molecule has 1 N–H and O–H groups in total. The first-order valence-electron chi connectivity index (χ1n) is 12.6. The molecule has 0 saturated carbocycles. The van der Waals surface area contributed by atoms with Crippen LogP contribution in [-0.4, -0.2) is 36.0 Å². The van der Waals surface area contributed by atoms with Crippen molar-refractivity contribution in [3.8, 4) is 16.3 Å². The van der Waals surface area contributed by atoms with Crippen molar-refractivity contribution in [3.63, 3.8) is 0 Å². The maximum Gasteiger partial charge on any atom is 0.265 e. The Hall–Kier alpha value is -4.35. The lowest BCUT2D eigenvalue weighted by Crippen LogP contribution is -2.27. The summed E-state index contributed by atoms with van der Waals surface area (Å²) in [4.78, 5) is 35.7. The van der Waals surface area contributed by atoms with Gasteiger partial charge in [-0.25, -0.2) is 19.0 Å². The van der Waals surface area contributed by atoms with Gasteiger partial charge >= 0.3 is 0 Å². The smallest absolute Gasteiger partial charge is 0.265 e. The normalized spacial score (nSPS) is 14.6. The monoisotopic (exact) mass is 568 g/mol. The number of benzene rings is 3. The summed E-state index contributed by atoms with van der Waals surface area (Å²) < 4.78 is 17.6. The molecule has 11 heteroatoms. The van der Waals surface area contributed by atoms with E-state index in [1.165, 1.54) is 40.3 Å². The minimum Gasteiger partial charge on any atom is -0.326 e. The largest absolute Gasteiger partial charge is 0.326 e. The van der Waals surface area contributed by atoms with Crippen LogP contribution in [0.2, 0.25) is 0 Å². The molecule has 1 unspecified atom stereocenters. The topological polar surface area (TPSA) is 94.7 Å². The minimum atomic E-state index is -0.356. The molecule has 0 aliphatic carbocycles. The number of aryl methyl sites for hydroxylation is 1. The van der Waals surface area contributed by atoms with Gasteiger partial charge in [-0.3, -0.25) is 14.2 Å². The zero-order valence-corrected chi connectivity index (χ0v) is 22.8. The molecule has 0 fully saturated rings. The highest BCUT2D eigenvalue weighted by Crippen LogP contribution is 2.34. The summed E-state index contributed by atoms with van der Waals surface area (Å²) in [6, 6.07) is 19.4. The molecule has 3 aromatic carbocycles. The summed E-state index contributed by atoms with van der Waals surface area (Å²) in [6.07, 6.45) is 1.60. The van der Waals surface area contributed by atoms with E-state index in [1.807, 2.05) is 30.3 Å². The molecule has 0 spiro atoms. The third-order valence-electron chi connectivity index (χ3n) is 6.82. The van der Waals surface area contributed by atoms with E-state index in [4.69, 9.17) is 4.98 Å².